The van der Waals surface area contributed by atoms with Gasteiger partial charge in [-0.15, -0.1) is 16.7 Å². The van der Waals surface area contributed by atoms with Crippen LogP contribution >= 0.6 is 23.4 Å². The van der Waals surface area contributed by atoms with E-state index >= 15 is 0 Å². The highest BCUT2D eigenvalue weighted by Gasteiger charge is 1.99. The molecule has 0 aliphatic rings. The highest BCUT2D eigenvalue weighted by molar-refractivity contribution is 7.98. The maximum Gasteiger partial charge on any atom is 0.0737 e. The topological polar surface area (TPSA) is 30.7 Å². The number of hydrogen-bond acceptors (Lipinski definition) is 3. The second kappa shape index (κ2) is 4.62. The SMILES string of the molecule is CSCCn1nncc1CCl. The van der Waals surface area contributed by atoms with E-state index in [9.17, 15) is 0 Å². The Balaban J connectivity index is 2.54. The number of halogens is 1. The quantitative estimate of drug-likeness (QED) is 0.674. The Labute approximate surface area is 75.1 Å². The lowest BCUT2D eigenvalue weighted by Gasteiger charge is -2.00. The van der Waals surface area contributed by atoms with Crippen LogP contribution in [-0.2, 0) is 12.4 Å². The maximum absolute atomic E-state index is 5.64. The van der Waals surface area contributed by atoms with Crippen molar-refractivity contribution in [2.75, 3.05) is 12.0 Å². The van der Waals surface area contributed by atoms with Crippen LogP contribution in [0.2, 0.25) is 0 Å². The Bertz CT molecular complexity index is 213. The fourth-order valence-electron chi connectivity index (χ4n) is 0.748. The van der Waals surface area contributed by atoms with E-state index in [1.54, 1.807) is 18.0 Å². The first kappa shape index (κ1) is 8.87. The van der Waals surface area contributed by atoms with Crippen molar-refractivity contribution >= 4 is 23.4 Å². The Hall–Kier alpha value is -0.220. The summed E-state index contributed by atoms with van der Waals surface area (Å²) in [4.78, 5) is 0. The van der Waals surface area contributed by atoms with Gasteiger partial charge in [-0.3, -0.25) is 0 Å². The van der Waals surface area contributed by atoms with Crippen molar-refractivity contribution in [1.29, 1.82) is 0 Å². The summed E-state index contributed by atoms with van der Waals surface area (Å²) in [5.41, 5.74) is 0.987. The molecule has 5 heteroatoms. The van der Waals surface area contributed by atoms with E-state index in [1.165, 1.54) is 0 Å². The van der Waals surface area contributed by atoms with Crippen molar-refractivity contribution in [3.63, 3.8) is 0 Å². The standard InChI is InChI=1S/C6H10ClN3S/c1-11-3-2-10-6(4-7)5-8-9-10/h5H,2-4H2,1H3. The van der Waals surface area contributed by atoms with Crippen molar-refractivity contribution in [3.05, 3.63) is 11.9 Å². The lowest BCUT2D eigenvalue weighted by atomic mass is 10.5. The van der Waals surface area contributed by atoms with Gasteiger partial charge in [-0.2, -0.15) is 11.8 Å². The van der Waals surface area contributed by atoms with Gasteiger partial charge in [0.1, 0.15) is 0 Å². The van der Waals surface area contributed by atoms with Gasteiger partial charge >= 0.3 is 0 Å². The zero-order chi connectivity index (χ0) is 8.10. The number of rotatable bonds is 4. The first-order valence-electron chi connectivity index (χ1n) is 3.30. The molecule has 3 nitrogen and oxygen atoms in total. The van der Waals surface area contributed by atoms with Crippen molar-refractivity contribution < 1.29 is 0 Å². The van der Waals surface area contributed by atoms with Crippen molar-refractivity contribution in [2.45, 2.75) is 12.4 Å². The van der Waals surface area contributed by atoms with Crippen LogP contribution in [0.3, 0.4) is 0 Å². The molecule has 0 amide bonds. The highest BCUT2D eigenvalue weighted by atomic mass is 35.5. The largest absolute Gasteiger partial charge is 0.247 e. The average Bonchev–Trinajstić information content (AvgIpc) is 2.47. The van der Waals surface area contributed by atoms with Gasteiger partial charge in [-0.1, -0.05) is 5.21 Å². The summed E-state index contributed by atoms with van der Waals surface area (Å²) in [6.45, 7) is 0.892. The molecule has 0 unspecified atom stereocenters. The number of hydrogen-bond donors (Lipinski definition) is 0. The molecule has 0 fully saturated rings. The third-order valence-electron chi connectivity index (χ3n) is 1.34. The smallest absolute Gasteiger partial charge is 0.0737 e. The second-order valence-electron chi connectivity index (χ2n) is 2.07. The van der Waals surface area contributed by atoms with E-state index in [4.69, 9.17) is 11.6 Å². The van der Waals surface area contributed by atoms with Crippen LogP contribution in [0.1, 0.15) is 5.69 Å². The predicted molar refractivity (Wildman–Crippen MR) is 48.0 cm³/mol. The van der Waals surface area contributed by atoms with Gasteiger partial charge in [-0.25, -0.2) is 4.68 Å². The third-order valence-corrected chi connectivity index (χ3v) is 2.21. The number of aromatic nitrogens is 3. The average molecular weight is 192 g/mol. The Morgan fingerprint density at radius 1 is 1.73 bits per heavy atom. The van der Waals surface area contributed by atoms with Gasteiger partial charge in [0, 0.05) is 5.75 Å². The molecule has 1 aromatic heterocycles. The Morgan fingerprint density at radius 3 is 3.18 bits per heavy atom. The molecule has 1 aromatic rings. The van der Waals surface area contributed by atoms with Crippen LogP contribution in [0.5, 0.6) is 0 Å². The van der Waals surface area contributed by atoms with Gasteiger partial charge in [0.25, 0.3) is 0 Å². The number of thioether (sulfide) groups is 1. The van der Waals surface area contributed by atoms with Crippen LogP contribution in [0.4, 0.5) is 0 Å². The van der Waals surface area contributed by atoms with E-state index in [0.29, 0.717) is 5.88 Å². The molecule has 0 aliphatic heterocycles. The van der Waals surface area contributed by atoms with Crippen LogP contribution in [0, 0.1) is 0 Å². The minimum absolute atomic E-state index is 0.487. The lowest BCUT2D eigenvalue weighted by Crippen LogP contribution is -2.05. The molecule has 0 saturated heterocycles. The highest BCUT2D eigenvalue weighted by Crippen LogP contribution is 2.02. The summed E-state index contributed by atoms with van der Waals surface area (Å²) in [6.07, 6.45) is 3.77. The van der Waals surface area contributed by atoms with Gasteiger partial charge in [0.15, 0.2) is 0 Å². The van der Waals surface area contributed by atoms with E-state index in [-0.39, 0.29) is 0 Å². The molecular formula is C6H10ClN3S. The maximum atomic E-state index is 5.64. The molecule has 0 radical (unpaired) electrons. The molecule has 1 heterocycles. The first-order valence-corrected chi connectivity index (χ1v) is 5.23. The van der Waals surface area contributed by atoms with Crippen molar-refractivity contribution in [2.24, 2.45) is 0 Å². The minimum Gasteiger partial charge on any atom is -0.247 e. The fourth-order valence-corrected chi connectivity index (χ4v) is 1.31. The number of alkyl halides is 1. The number of nitrogens with zero attached hydrogens (tertiary/aromatic N) is 3. The zero-order valence-corrected chi connectivity index (χ0v) is 7.90. The fraction of sp³-hybridized carbons (Fsp3) is 0.667. The summed E-state index contributed by atoms with van der Waals surface area (Å²) in [5.74, 6) is 1.54. The van der Waals surface area contributed by atoms with Crippen molar-refractivity contribution in [1.82, 2.24) is 15.0 Å². The monoisotopic (exact) mass is 191 g/mol. The van der Waals surface area contributed by atoms with Crippen molar-refractivity contribution in [3.8, 4) is 0 Å². The van der Waals surface area contributed by atoms with Crippen LogP contribution < -0.4 is 0 Å². The van der Waals surface area contributed by atoms with Crippen LogP contribution in [-0.4, -0.2) is 27.0 Å². The summed E-state index contributed by atoms with van der Waals surface area (Å²) >= 11 is 7.43. The van der Waals surface area contributed by atoms with Gasteiger partial charge in [0.05, 0.1) is 24.3 Å². The molecule has 0 atom stereocenters. The Kier molecular flexibility index (Phi) is 3.72. The summed E-state index contributed by atoms with van der Waals surface area (Å²) in [5, 5.41) is 7.66. The summed E-state index contributed by atoms with van der Waals surface area (Å²) in [6, 6.07) is 0. The first-order chi connectivity index (χ1) is 5.38. The lowest BCUT2D eigenvalue weighted by molar-refractivity contribution is 0.614. The summed E-state index contributed by atoms with van der Waals surface area (Å²) < 4.78 is 1.84. The molecular weight excluding hydrogens is 182 g/mol. The van der Waals surface area contributed by atoms with E-state index in [0.717, 1.165) is 18.0 Å². The molecule has 62 valence electrons. The minimum atomic E-state index is 0.487. The molecule has 11 heavy (non-hydrogen) atoms. The predicted octanol–water partition coefficient (Wildman–Crippen LogP) is 1.38. The molecule has 0 aromatic carbocycles. The zero-order valence-electron chi connectivity index (χ0n) is 6.33. The molecule has 0 saturated carbocycles. The van der Waals surface area contributed by atoms with Gasteiger partial charge in [0.2, 0.25) is 0 Å². The van der Waals surface area contributed by atoms with Gasteiger partial charge < -0.3 is 0 Å². The molecule has 0 bridgehead atoms. The van der Waals surface area contributed by atoms with Crippen LogP contribution in [0.25, 0.3) is 0 Å². The van der Waals surface area contributed by atoms with E-state index in [1.807, 2.05) is 4.68 Å². The third kappa shape index (κ3) is 2.38. The molecule has 0 spiro atoms. The molecule has 0 N–H and O–H groups in total. The van der Waals surface area contributed by atoms with Gasteiger partial charge in [-0.05, 0) is 6.26 Å². The normalized spacial score (nSPS) is 10.4. The van der Waals surface area contributed by atoms with Crippen LogP contribution in [0.15, 0.2) is 6.20 Å². The van der Waals surface area contributed by atoms with E-state index in [2.05, 4.69) is 16.6 Å². The molecule has 0 aliphatic carbocycles. The molecule has 1 rings (SSSR count). The second-order valence-corrected chi connectivity index (χ2v) is 3.33. The van der Waals surface area contributed by atoms with E-state index < -0.39 is 0 Å². The number of aryl methyl sites for hydroxylation is 1. The summed E-state index contributed by atoms with van der Waals surface area (Å²) in [7, 11) is 0. The Morgan fingerprint density at radius 2 is 2.55 bits per heavy atom.